The minimum absolute atomic E-state index is 0.0837. The number of nitrogens with one attached hydrogen (secondary N) is 1. The highest BCUT2D eigenvalue weighted by Crippen LogP contribution is 2.23. The molecule has 1 unspecified atom stereocenters. The van der Waals surface area contributed by atoms with Crippen LogP contribution in [0, 0.1) is 0 Å². The number of carbonyl (C=O) groups is 1. The van der Waals surface area contributed by atoms with Gasteiger partial charge in [-0.1, -0.05) is 101 Å². The zero-order valence-electron chi connectivity index (χ0n) is 23.9. The lowest BCUT2D eigenvalue weighted by molar-refractivity contribution is -0.139. The number of carboxylic acids is 1. The van der Waals surface area contributed by atoms with Gasteiger partial charge in [-0.3, -0.25) is 4.79 Å². The van der Waals surface area contributed by atoms with E-state index in [1.165, 1.54) is 18.4 Å². The predicted molar refractivity (Wildman–Crippen MR) is 156 cm³/mol. The summed E-state index contributed by atoms with van der Waals surface area (Å²) in [5, 5.41) is 17.0. The number of aliphatic carboxylic acids is 1. The zero-order valence-corrected chi connectivity index (χ0v) is 23.9. The van der Waals surface area contributed by atoms with Crippen molar-refractivity contribution in [1.82, 2.24) is 25.4 Å². The Labute approximate surface area is 236 Å². The molecule has 2 heterocycles. The molecule has 4 aromatic rings. The van der Waals surface area contributed by atoms with Crippen molar-refractivity contribution in [3.63, 3.8) is 0 Å². The van der Waals surface area contributed by atoms with Gasteiger partial charge in [0.2, 0.25) is 11.7 Å². The molecule has 8 heteroatoms. The SMILES string of the molecule is CCCCCCc1nc(-c2cnc(-c3ccc(CC(NCc4ccc(C(C)(C)C)cc4)C(=O)O)cc3)nc2)no1. The number of nitrogens with zero attached hydrogens (tertiary/aromatic N) is 4. The molecule has 2 N–H and O–H groups in total. The molecule has 210 valence electrons. The van der Waals surface area contributed by atoms with Crippen LogP contribution >= 0.6 is 0 Å². The smallest absolute Gasteiger partial charge is 0.321 e. The highest BCUT2D eigenvalue weighted by atomic mass is 16.5. The Bertz CT molecular complexity index is 1360. The predicted octanol–water partition coefficient (Wildman–Crippen LogP) is 6.40. The Morgan fingerprint density at radius 2 is 1.57 bits per heavy atom. The monoisotopic (exact) mass is 541 g/mol. The van der Waals surface area contributed by atoms with Crippen molar-refractivity contribution in [3.8, 4) is 22.8 Å². The largest absolute Gasteiger partial charge is 0.480 e. The third kappa shape index (κ3) is 8.05. The molecular weight excluding hydrogens is 502 g/mol. The fourth-order valence-electron chi connectivity index (χ4n) is 4.41. The molecule has 0 saturated heterocycles. The lowest BCUT2D eigenvalue weighted by atomic mass is 9.87. The Morgan fingerprint density at radius 1 is 0.900 bits per heavy atom. The van der Waals surface area contributed by atoms with Gasteiger partial charge in [-0.25, -0.2) is 9.97 Å². The first-order chi connectivity index (χ1) is 19.2. The number of aromatic nitrogens is 4. The molecule has 0 aliphatic heterocycles. The summed E-state index contributed by atoms with van der Waals surface area (Å²) in [7, 11) is 0. The fourth-order valence-corrected chi connectivity index (χ4v) is 4.41. The molecule has 2 aromatic heterocycles. The maximum absolute atomic E-state index is 11.9. The van der Waals surface area contributed by atoms with Crippen molar-refractivity contribution in [1.29, 1.82) is 0 Å². The molecule has 0 saturated carbocycles. The number of benzene rings is 2. The van der Waals surface area contributed by atoms with Crippen LogP contribution in [-0.2, 0) is 29.6 Å². The van der Waals surface area contributed by atoms with E-state index in [4.69, 9.17) is 4.52 Å². The van der Waals surface area contributed by atoms with Gasteiger partial charge in [0.05, 0.1) is 5.56 Å². The van der Waals surface area contributed by atoms with E-state index in [0.717, 1.165) is 36.0 Å². The van der Waals surface area contributed by atoms with Gasteiger partial charge >= 0.3 is 5.97 Å². The topological polar surface area (TPSA) is 114 Å². The Balaban J connectivity index is 1.33. The average molecular weight is 542 g/mol. The summed E-state index contributed by atoms with van der Waals surface area (Å²) in [5.74, 6) is 0.827. The lowest BCUT2D eigenvalue weighted by Gasteiger charge is -2.19. The first-order valence-corrected chi connectivity index (χ1v) is 14.0. The second-order valence-electron chi connectivity index (χ2n) is 11.2. The van der Waals surface area contributed by atoms with Crippen LogP contribution < -0.4 is 5.32 Å². The highest BCUT2D eigenvalue weighted by molar-refractivity contribution is 5.74. The van der Waals surface area contributed by atoms with Crippen LogP contribution in [0.1, 0.15) is 76.0 Å². The van der Waals surface area contributed by atoms with Crippen molar-refractivity contribution in [2.24, 2.45) is 0 Å². The first kappa shape index (κ1) is 29.1. The summed E-state index contributed by atoms with van der Waals surface area (Å²) in [5.41, 5.74) is 4.86. The van der Waals surface area contributed by atoms with Crippen molar-refractivity contribution in [3.05, 3.63) is 83.5 Å². The second-order valence-corrected chi connectivity index (χ2v) is 11.2. The van der Waals surface area contributed by atoms with E-state index < -0.39 is 12.0 Å². The normalized spacial score (nSPS) is 12.4. The van der Waals surface area contributed by atoms with Crippen LogP contribution in [0.3, 0.4) is 0 Å². The molecule has 2 aromatic carbocycles. The lowest BCUT2D eigenvalue weighted by Crippen LogP contribution is -2.38. The van der Waals surface area contributed by atoms with Crippen LogP contribution in [0.25, 0.3) is 22.8 Å². The third-order valence-corrected chi connectivity index (χ3v) is 6.94. The van der Waals surface area contributed by atoms with Crippen molar-refractivity contribution >= 4 is 5.97 Å². The summed E-state index contributed by atoms with van der Waals surface area (Å²) in [6, 6.07) is 15.3. The van der Waals surface area contributed by atoms with Crippen LogP contribution in [0.4, 0.5) is 0 Å². The Morgan fingerprint density at radius 3 is 2.20 bits per heavy atom. The molecule has 0 radical (unpaired) electrons. The molecule has 0 spiro atoms. The maximum Gasteiger partial charge on any atom is 0.321 e. The van der Waals surface area contributed by atoms with E-state index in [9.17, 15) is 9.90 Å². The minimum atomic E-state index is -0.875. The number of hydrogen-bond donors (Lipinski definition) is 2. The molecule has 40 heavy (non-hydrogen) atoms. The molecule has 0 amide bonds. The van der Waals surface area contributed by atoms with E-state index in [2.05, 4.69) is 77.4 Å². The molecule has 1 atom stereocenters. The summed E-state index contributed by atoms with van der Waals surface area (Å²) in [6.45, 7) is 9.20. The van der Waals surface area contributed by atoms with Crippen molar-refractivity contribution in [2.45, 2.75) is 84.2 Å². The molecule has 0 aliphatic carbocycles. The Kier molecular flexibility index (Phi) is 9.77. The number of unbranched alkanes of at least 4 members (excludes halogenated alkanes) is 3. The van der Waals surface area contributed by atoms with Gasteiger partial charge < -0.3 is 14.9 Å². The summed E-state index contributed by atoms with van der Waals surface area (Å²) < 4.78 is 5.37. The van der Waals surface area contributed by atoms with E-state index in [1.54, 1.807) is 12.4 Å². The standard InChI is InChI=1S/C32H39N5O3/c1-5-6-7-8-9-28-36-30(37-40-28)25-20-34-29(35-21-25)24-14-10-22(11-15-24)18-27(31(38)39)33-19-23-12-16-26(17-13-23)32(2,3)4/h10-17,20-21,27,33H,5-9,18-19H2,1-4H3,(H,38,39). The van der Waals surface area contributed by atoms with Crippen LogP contribution in [0.5, 0.6) is 0 Å². The van der Waals surface area contributed by atoms with Crippen LogP contribution in [0.2, 0.25) is 0 Å². The van der Waals surface area contributed by atoms with Crippen molar-refractivity contribution < 1.29 is 14.4 Å². The number of aryl methyl sites for hydroxylation is 1. The molecule has 0 aliphatic rings. The molecular formula is C32H39N5O3. The number of carboxylic acid groups (broad SMARTS) is 1. The quantitative estimate of drug-likeness (QED) is 0.187. The molecule has 8 nitrogen and oxygen atoms in total. The van der Waals surface area contributed by atoms with Gasteiger partial charge in [0.15, 0.2) is 5.82 Å². The van der Waals surface area contributed by atoms with Gasteiger partial charge in [0, 0.05) is 30.9 Å². The zero-order chi connectivity index (χ0) is 28.5. The van der Waals surface area contributed by atoms with Gasteiger partial charge in [-0.05, 0) is 34.9 Å². The third-order valence-electron chi connectivity index (χ3n) is 6.94. The first-order valence-electron chi connectivity index (χ1n) is 14.0. The summed E-state index contributed by atoms with van der Waals surface area (Å²) in [4.78, 5) is 25.4. The van der Waals surface area contributed by atoms with Gasteiger partial charge in [-0.2, -0.15) is 4.98 Å². The number of rotatable bonds is 13. The average Bonchev–Trinajstić information content (AvgIpc) is 3.42. The molecule has 4 rings (SSSR count). The van der Waals surface area contributed by atoms with E-state index >= 15 is 0 Å². The molecule has 0 fully saturated rings. The highest BCUT2D eigenvalue weighted by Gasteiger charge is 2.18. The van der Waals surface area contributed by atoms with Crippen molar-refractivity contribution in [2.75, 3.05) is 0 Å². The number of hydrogen-bond acceptors (Lipinski definition) is 7. The Hall–Kier alpha value is -3.91. The molecule has 0 bridgehead atoms. The van der Waals surface area contributed by atoms with E-state index in [0.29, 0.717) is 36.1 Å². The fraction of sp³-hybridized carbons (Fsp3) is 0.406. The van der Waals surface area contributed by atoms with Crippen LogP contribution in [0.15, 0.2) is 65.4 Å². The minimum Gasteiger partial charge on any atom is -0.480 e. The van der Waals surface area contributed by atoms with Gasteiger partial charge in [0.1, 0.15) is 6.04 Å². The second kappa shape index (κ2) is 13.4. The van der Waals surface area contributed by atoms with Gasteiger partial charge in [0.25, 0.3) is 0 Å². The van der Waals surface area contributed by atoms with E-state index in [-0.39, 0.29) is 5.41 Å². The summed E-state index contributed by atoms with van der Waals surface area (Å²) in [6.07, 6.45) is 9.13. The van der Waals surface area contributed by atoms with E-state index in [1.807, 2.05) is 24.3 Å². The summed E-state index contributed by atoms with van der Waals surface area (Å²) >= 11 is 0. The van der Waals surface area contributed by atoms with Gasteiger partial charge in [-0.15, -0.1) is 0 Å². The van der Waals surface area contributed by atoms with Crippen LogP contribution in [-0.4, -0.2) is 37.2 Å². The maximum atomic E-state index is 11.9.